The van der Waals surface area contributed by atoms with Crippen LogP contribution in [0.2, 0.25) is 12.6 Å². The molecule has 0 spiro atoms. The molecule has 0 atom stereocenters. The van der Waals surface area contributed by atoms with E-state index in [1.165, 1.54) is 5.56 Å². The Morgan fingerprint density at radius 3 is 2.53 bits per heavy atom. The number of alkyl halides is 2. The van der Waals surface area contributed by atoms with Crippen molar-refractivity contribution in [1.82, 2.24) is 0 Å². The van der Waals surface area contributed by atoms with Gasteiger partial charge in [0.05, 0.1) is 12.3 Å². The lowest BCUT2D eigenvalue weighted by Crippen LogP contribution is -2.26. The second-order valence-corrected chi connectivity index (χ2v) is 9.71. The fourth-order valence-electron chi connectivity index (χ4n) is 4.07. The highest BCUT2D eigenvalue weighted by Gasteiger charge is 2.27. The molecule has 1 saturated heterocycles. The van der Waals surface area contributed by atoms with Crippen LogP contribution < -0.4 is 4.31 Å². The van der Waals surface area contributed by atoms with Gasteiger partial charge < -0.3 is 4.31 Å². The smallest absolute Gasteiger partial charge is 0.278 e. The molecule has 0 N–H and O–H groups in total. The van der Waals surface area contributed by atoms with Gasteiger partial charge in [-0.05, 0) is 60.5 Å². The van der Waals surface area contributed by atoms with E-state index in [-0.39, 0.29) is 18.8 Å². The van der Waals surface area contributed by atoms with Crippen LogP contribution in [0, 0.1) is 18.2 Å². The lowest BCUT2D eigenvalue weighted by molar-refractivity contribution is 0.224. The number of benzene rings is 2. The Balaban J connectivity index is 1.46. The van der Waals surface area contributed by atoms with Gasteiger partial charge in [-0.3, -0.25) is 0 Å². The Labute approximate surface area is 192 Å². The standard InChI is InChI=1S/C24H25BF2N4S/c1-17-3-2-4-20(13-17)31(32-21-9-11-25(16-28)12-10-21)15-18-5-7-19(8-6-18)22-14-23(24(26)27)30-29-22/h2-8,13,21,24H,9-12,14-15H2,1H3. The maximum Gasteiger partial charge on any atom is 0.278 e. The maximum atomic E-state index is 12.8. The van der Waals surface area contributed by atoms with E-state index in [9.17, 15) is 14.0 Å². The number of rotatable bonds is 7. The van der Waals surface area contributed by atoms with Gasteiger partial charge in [-0.15, -0.1) is 0 Å². The highest BCUT2D eigenvalue weighted by molar-refractivity contribution is 8.01. The van der Waals surface area contributed by atoms with Crippen molar-refractivity contribution in [1.29, 1.82) is 5.26 Å². The molecule has 0 unspecified atom stereocenters. The molecule has 1 fully saturated rings. The van der Waals surface area contributed by atoms with Gasteiger partial charge in [-0.2, -0.15) is 10.2 Å². The van der Waals surface area contributed by atoms with Crippen molar-refractivity contribution in [2.45, 2.75) is 57.0 Å². The number of nitriles is 1. The van der Waals surface area contributed by atoms with Crippen molar-refractivity contribution >= 4 is 35.8 Å². The molecule has 4 rings (SSSR count). The summed E-state index contributed by atoms with van der Waals surface area (Å²) in [6.07, 6.45) is 1.59. The number of anilines is 1. The third-order valence-corrected chi connectivity index (χ3v) is 7.30. The summed E-state index contributed by atoms with van der Waals surface area (Å²) in [5, 5.41) is 17.2. The minimum absolute atomic E-state index is 0.105. The molecule has 0 radical (unpaired) electrons. The van der Waals surface area contributed by atoms with Gasteiger partial charge in [0.25, 0.3) is 13.1 Å². The first-order chi connectivity index (χ1) is 15.5. The van der Waals surface area contributed by atoms with Crippen LogP contribution in [0.5, 0.6) is 0 Å². The largest absolute Gasteiger partial charge is 0.312 e. The molecule has 2 aromatic rings. The molecule has 2 heterocycles. The van der Waals surface area contributed by atoms with Crippen molar-refractivity contribution in [3.05, 3.63) is 65.2 Å². The molecule has 32 heavy (non-hydrogen) atoms. The van der Waals surface area contributed by atoms with Gasteiger partial charge in [-0.25, -0.2) is 14.0 Å². The first-order valence-electron chi connectivity index (χ1n) is 10.9. The Hall–Kier alpha value is -2.66. The summed E-state index contributed by atoms with van der Waals surface area (Å²) < 4.78 is 28.0. The van der Waals surface area contributed by atoms with Gasteiger partial charge in [0, 0.05) is 23.3 Å². The van der Waals surface area contributed by atoms with Gasteiger partial charge >= 0.3 is 0 Å². The normalized spacial score (nSPS) is 16.7. The second kappa shape index (κ2) is 10.3. The Bertz CT molecular complexity index is 1040. The van der Waals surface area contributed by atoms with Crippen molar-refractivity contribution in [3.8, 4) is 5.97 Å². The van der Waals surface area contributed by atoms with Gasteiger partial charge in [0.1, 0.15) is 5.71 Å². The van der Waals surface area contributed by atoms with Crippen molar-refractivity contribution in [2.24, 2.45) is 10.2 Å². The third kappa shape index (κ3) is 5.58. The summed E-state index contributed by atoms with van der Waals surface area (Å²) >= 11 is 1.87. The highest BCUT2D eigenvalue weighted by Crippen LogP contribution is 2.35. The molecule has 0 saturated carbocycles. The summed E-state index contributed by atoms with van der Waals surface area (Å²) in [7, 11) is 0. The predicted molar refractivity (Wildman–Crippen MR) is 130 cm³/mol. The molecule has 2 aliphatic heterocycles. The molecule has 0 amide bonds. The Morgan fingerprint density at radius 1 is 1.16 bits per heavy atom. The molecule has 0 aromatic heterocycles. The van der Waals surface area contributed by atoms with Gasteiger partial charge in [0.2, 0.25) is 0 Å². The summed E-state index contributed by atoms with van der Waals surface area (Å²) in [5.74, 6) is 2.41. The fourth-order valence-corrected chi connectivity index (χ4v) is 5.37. The number of halogens is 2. The molecule has 2 aromatic carbocycles. The van der Waals surface area contributed by atoms with Crippen LogP contribution in [0.1, 0.15) is 36.0 Å². The van der Waals surface area contributed by atoms with Crippen molar-refractivity contribution < 1.29 is 8.78 Å². The van der Waals surface area contributed by atoms with E-state index in [0.29, 0.717) is 11.0 Å². The molecular formula is C24H25BF2N4S. The molecular weight excluding hydrogens is 425 g/mol. The average Bonchev–Trinajstić information content (AvgIpc) is 3.30. The lowest BCUT2D eigenvalue weighted by atomic mass is 9.43. The highest BCUT2D eigenvalue weighted by atomic mass is 32.2. The molecule has 8 heteroatoms. The zero-order valence-corrected chi connectivity index (χ0v) is 18.9. The number of aryl methyl sites for hydroxylation is 1. The van der Waals surface area contributed by atoms with E-state index < -0.39 is 6.43 Å². The topological polar surface area (TPSA) is 51.8 Å². The monoisotopic (exact) mass is 450 g/mol. The number of hydrogen-bond acceptors (Lipinski definition) is 5. The van der Waals surface area contributed by atoms with E-state index in [0.717, 1.165) is 48.8 Å². The van der Waals surface area contributed by atoms with E-state index in [4.69, 9.17) is 0 Å². The van der Waals surface area contributed by atoms with Crippen molar-refractivity contribution in [3.63, 3.8) is 0 Å². The van der Waals surface area contributed by atoms with Gasteiger partial charge in [0.15, 0.2) is 0 Å². The lowest BCUT2D eigenvalue weighted by Gasteiger charge is -2.31. The second-order valence-electron chi connectivity index (χ2n) is 8.40. The minimum Gasteiger partial charge on any atom is -0.312 e. The van der Waals surface area contributed by atoms with E-state index >= 15 is 0 Å². The molecule has 2 aliphatic rings. The summed E-state index contributed by atoms with van der Waals surface area (Å²) in [5.41, 5.74) is 4.77. The SMILES string of the molecule is Cc1cccc(N(Cc2ccc(C3=NN=C(C(F)F)C3)cc2)SC2CCB(C#N)CC2)c1. The number of nitrogens with zero attached hydrogens (tertiary/aromatic N) is 4. The van der Waals surface area contributed by atoms with Crippen LogP contribution in [0.4, 0.5) is 14.5 Å². The molecule has 4 nitrogen and oxygen atoms in total. The van der Waals surface area contributed by atoms with Crippen LogP contribution >= 0.6 is 11.9 Å². The van der Waals surface area contributed by atoms with Crippen LogP contribution in [0.15, 0.2) is 58.7 Å². The van der Waals surface area contributed by atoms with Gasteiger partial charge in [-0.1, -0.05) is 49.0 Å². The minimum atomic E-state index is -2.56. The quantitative estimate of drug-likeness (QED) is 0.374. The first-order valence-corrected chi connectivity index (χ1v) is 11.8. The molecule has 164 valence electrons. The van der Waals surface area contributed by atoms with E-state index in [1.807, 2.05) is 36.2 Å². The average molecular weight is 450 g/mol. The van der Waals surface area contributed by atoms with Crippen LogP contribution in [-0.4, -0.2) is 29.8 Å². The van der Waals surface area contributed by atoms with Crippen molar-refractivity contribution in [2.75, 3.05) is 4.31 Å². The number of hydrogen-bond donors (Lipinski definition) is 0. The Morgan fingerprint density at radius 2 is 1.91 bits per heavy atom. The molecule has 0 aliphatic carbocycles. The summed E-state index contributed by atoms with van der Waals surface area (Å²) in [6.45, 7) is 3.02. The summed E-state index contributed by atoms with van der Waals surface area (Å²) in [6, 6.07) is 16.4. The third-order valence-electron chi connectivity index (χ3n) is 5.94. The van der Waals surface area contributed by atoms with Crippen LogP contribution in [-0.2, 0) is 6.54 Å². The van der Waals surface area contributed by atoms with E-state index in [2.05, 4.69) is 51.7 Å². The first kappa shape index (κ1) is 22.5. The predicted octanol–water partition coefficient (Wildman–Crippen LogP) is 6.18. The molecule has 0 bridgehead atoms. The van der Waals surface area contributed by atoms with Crippen LogP contribution in [0.3, 0.4) is 0 Å². The Kier molecular flexibility index (Phi) is 7.26. The fraction of sp³-hybridized carbons (Fsp3) is 0.375. The zero-order chi connectivity index (χ0) is 22.5. The van der Waals surface area contributed by atoms with E-state index in [1.54, 1.807) is 0 Å². The zero-order valence-electron chi connectivity index (χ0n) is 18.0. The maximum absolute atomic E-state index is 12.8. The van der Waals surface area contributed by atoms with Crippen LogP contribution in [0.25, 0.3) is 0 Å². The summed E-state index contributed by atoms with van der Waals surface area (Å²) in [4.78, 5) is 0.